The highest BCUT2D eigenvalue weighted by atomic mass is 19.3. The topological polar surface area (TPSA) is 26.3 Å². The quantitative estimate of drug-likeness (QED) is 0.726. The van der Waals surface area contributed by atoms with Crippen molar-refractivity contribution in [2.75, 3.05) is 6.61 Å². The lowest BCUT2D eigenvalue weighted by Gasteiger charge is -2.08. The van der Waals surface area contributed by atoms with Gasteiger partial charge in [0.05, 0.1) is 5.56 Å². The zero-order valence-electron chi connectivity index (χ0n) is 7.97. The highest BCUT2D eigenvalue weighted by Gasteiger charge is 2.11. The van der Waals surface area contributed by atoms with Crippen LogP contribution in [0.5, 0.6) is 5.75 Å². The number of carbonyl (C=O) groups excluding carboxylic acids is 1. The van der Waals surface area contributed by atoms with Crippen LogP contribution >= 0.6 is 0 Å². The molecule has 0 atom stereocenters. The van der Waals surface area contributed by atoms with Crippen LogP contribution in [0.2, 0.25) is 0 Å². The fraction of sp³-hybridized carbons (Fsp3) is 0.300. The minimum absolute atomic E-state index is 0.0945. The normalized spacial score (nSPS) is 10.5. The Morgan fingerprint density at radius 1 is 1.47 bits per heavy atom. The lowest BCUT2D eigenvalue weighted by molar-refractivity contribution is 0.0800. The third-order valence-corrected chi connectivity index (χ3v) is 1.69. The molecule has 0 aromatic heterocycles. The molecule has 0 radical (unpaired) electrons. The minimum Gasteiger partial charge on any atom is -0.487 e. The van der Waals surface area contributed by atoms with Crippen molar-refractivity contribution >= 4 is 5.78 Å². The summed E-state index contributed by atoms with van der Waals surface area (Å²) in [5, 5.41) is 0. The van der Waals surface area contributed by atoms with E-state index in [9.17, 15) is 18.0 Å². The monoisotopic (exact) mass is 218 g/mol. The molecule has 0 saturated carbocycles. The first-order valence-electron chi connectivity index (χ1n) is 4.22. The van der Waals surface area contributed by atoms with Crippen LogP contribution in [0, 0.1) is 5.82 Å². The van der Waals surface area contributed by atoms with E-state index in [0.29, 0.717) is 0 Å². The highest BCUT2D eigenvalue weighted by Crippen LogP contribution is 2.20. The fourth-order valence-electron chi connectivity index (χ4n) is 1.06. The second kappa shape index (κ2) is 4.82. The van der Waals surface area contributed by atoms with Crippen molar-refractivity contribution in [1.29, 1.82) is 0 Å². The predicted molar refractivity (Wildman–Crippen MR) is 47.9 cm³/mol. The maximum absolute atomic E-state index is 12.8. The molecular formula is C10H9F3O2. The number of Topliss-reactive ketones (excluding diaryl/α,β-unsaturated/α-hetero) is 1. The van der Waals surface area contributed by atoms with Crippen LogP contribution in [0.15, 0.2) is 18.2 Å². The van der Waals surface area contributed by atoms with Gasteiger partial charge in [-0.2, -0.15) is 0 Å². The maximum atomic E-state index is 12.8. The van der Waals surface area contributed by atoms with Crippen molar-refractivity contribution in [3.8, 4) is 5.75 Å². The zero-order chi connectivity index (χ0) is 11.4. The Morgan fingerprint density at radius 2 is 2.13 bits per heavy atom. The third kappa shape index (κ3) is 3.27. The van der Waals surface area contributed by atoms with Crippen LogP contribution in [-0.4, -0.2) is 18.8 Å². The van der Waals surface area contributed by atoms with E-state index in [-0.39, 0.29) is 17.1 Å². The van der Waals surface area contributed by atoms with Crippen molar-refractivity contribution in [3.63, 3.8) is 0 Å². The first-order valence-corrected chi connectivity index (χ1v) is 4.22. The molecule has 1 aromatic carbocycles. The van der Waals surface area contributed by atoms with E-state index >= 15 is 0 Å². The van der Waals surface area contributed by atoms with Gasteiger partial charge in [0, 0.05) is 6.07 Å². The number of hydrogen-bond donors (Lipinski definition) is 0. The molecule has 5 heteroatoms. The number of ether oxygens (including phenoxy) is 1. The average molecular weight is 218 g/mol. The second-order valence-electron chi connectivity index (χ2n) is 2.90. The predicted octanol–water partition coefficient (Wildman–Crippen LogP) is 2.67. The number of ketones is 1. The number of hydrogen-bond acceptors (Lipinski definition) is 2. The van der Waals surface area contributed by atoms with Crippen molar-refractivity contribution in [3.05, 3.63) is 29.6 Å². The van der Waals surface area contributed by atoms with E-state index in [4.69, 9.17) is 0 Å². The molecule has 0 aliphatic rings. The molecule has 0 heterocycles. The van der Waals surface area contributed by atoms with E-state index in [0.717, 1.165) is 12.1 Å². The molecule has 0 aliphatic carbocycles. The summed E-state index contributed by atoms with van der Waals surface area (Å²) in [4.78, 5) is 11.0. The smallest absolute Gasteiger partial charge is 0.272 e. The molecule has 0 aliphatic heterocycles. The van der Waals surface area contributed by atoms with Gasteiger partial charge in [-0.3, -0.25) is 4.79 Å². The zero-order valence-corrected chi connectivity index (χ0v) is 7.97. The molecule has 1 rings (SSSR count). The summed E-state index contributed by atoms with van der Waals surface area (Å²) in [5.74, 6) is -1.15. The van der Waals surface area contributed by atoms with Gasteiger partial charge in [0.1, 0.15) is 18.2 Å². The standard InChI is InChI=1S/C10H9F3O2/c1-6(14)8-3-2-7(11)4-9(8)15-5-10(12)13/h2-4,10H,5H2,1H3. The largest absolute Gasteiger partial charge is 0.487 e. The van der Waals surface area contributed by atoms with Crippen LogP contribution < -0.4 is 4.74 Å². The molecule has 15 heavy (non-hydrogen) atoms. The van der Waals surface area contributed by atoms with Gasteiger partial charge in [-0.15, -0.1) is 0 Å². The van der Waals surface area contributed by atoms with Crippen molar-refractivity contribution in [2.24, 2.45) is 0 Å². The average Bonchev–Trinajstić information content (AvgIpc) is 2.14. The van der Waals surface area contributed by atoms with Crippen LogP contribution in [0.1, 0.15) is 17.3 Å². The Hall–Kier alpha value is -1.52. The first kappa shape index (κ1) is 11.6. The summed E-state index contributed by atoms with van der Waals surface area (Å²) >= 11 is 0. The Kier molecular flexibility index (Phi) is 3.71. The van der Waals surface area contributed by atoms with E-state index in [2.05, 4.69) is 4.74 Å². The summed E-state index contributed by atoms with van der Waals surface area (Å²) in [6.45, 7) is 0.395. The summed E-state index contributed by atoms with van der Waals surface area (Å²) in [6, 6.07) is 3.20. The van der Waals surface area contributed by atoms with E-state index in [1.165, 1.54) is 13.0 Å². The number of benzene rings is 1. The molecule has 0 spiro atoms. The van der Waals surface area contributed by atoms with Crippen LogP contribution in [0.25, 0.3) is 0 Å². The van der Waals surface area contributed by atoms with Gasteiger partial charge in [0.25, 0.3) is 6.43 Å². The highest BCUT2D eigenvalue weighted by molar-refractivity contribution is 5.96. The van der Waals surface area contributed by atoms with E-state index in [1.54, 1.807) is 0 Å². The minimum atomic E-state index is -2.66. The fourth-order valence-corrected chi connectivity index (χ4v) is 1.06. The summed E-state index contributed by atoms with van der Waals surface area (Å²) in [5.41, 5.74) is 0.0945. The van der Waals surface area contributed by atoms with Crippen molar-refractivity contribution in [1.82, 2.24) is 0 Å². The van der Waals surface area contributed by atoms with E-state index in [1.807, 2.05) is 0 Å². The molecular weight excluding hydrogens is 209 g/mol. The summed E-state index contributed by atoms with van der Waals surface area (Å²) in [6.07, 6.45) is -2.66. The molecule has 0 bridgehead atoms. The summed E-state index contributed by atoms with van der Waals surface area (Å²) in [7, 11) is 0. The number of rotatable bonds is 4. The van der Waals surface area contributed by atoms with Gasteiger partial charge in [0.2, 0.25) is 0 Å². The van der Waals surface area contributed by atoms with Crippen molar-refractivity contribution < 1.29 is 22.7 Å². The summed E-state index contributed by atoms with van der Waals surface area (Å²) < 4.78 is 41.1. The molecule has 0 amide bonds. The number of carbonyl (C=O) groups is 1. The number of halogens is 3. The van der Waals surface area contributed by atoms with E-state index < -0.39 is 18.8 Å². The van der Waals surface area contributed by atoms with Gasteiger partial charge in [-0.05, 0) is 19.1 Å². The van der Waals surface area contributed by atoms with Gasteiger partial charge in [-0.25, -0.2) is 13.2 Å². The van der Waals surface area contributed by atoms with Gasteiger partial charge in [0.15, 0.2) is 5.78 Å². The lowest BCUT2D eigenvalue weighted by atomic mass is 10.1. The van der Waals surface area contributed by atoms with Crippen molar-refractivity contribution in [2.45, 2.75) is 13.3 Å². The molecule has 0 fully saturated rings. The Labute approximate surface area is 84.7 Å². The Morgan fingerprint density at radius 3 is 2.67 bits per heavy atom. The molecule has 2 nitrogen and oxygen atoms in total. The first-order chi connectivity index (χ1) is 7.00. The molecule has 0 saturated heterocycles. The Bertz CT molecular complexity index is 364. The lowest BCUT2D eigenvalue weighted by Crippen LogP contribution is -2.09. The van der Waals surface area contributed by atoms with Crippen LogP contribution in [-0.2, 0) is 0 Å². The van der Waals surface area contributed by atoms with Crippen LogP contribution in [0.3, 0.4) is 0 Å². The molecule has 0 unspecified atom stereocenters. The maximum Gasteiger partial charge on any atom is 0.272 e. The third-order valence-electron chi connectivity index (χ3n) is 1.69. The molecule has 82 valence electrons. The second-order valence-corrected chi connectivity index (χ2v) is 2.90. The molecule has 1 aromatic rings. The Balaban J connectivity index is 2.92. The number of alkyl halides is 2. The van der Waals surface area contributed by atoms with Gasteiger partial charge in [-0.1, -0.05) is 0 Å². The van der Waals surface area contributed by atoms with Gasteiger partial charge >= 0.3 is 0 Å². The van der Waals surface area contributed by atoms with Crippen LogP contribution in [0.4, 0.5) is 13.2 Å². The molecule has 0 N–H and O–H groups in total. The van der Waals surface area contributed by atoms with Gasteiger partial charge < -0.3 is 4.74 Å². The SMILES string of the molecule is CC(=O)c1ccc(F)cc1OCC(F)F.